The zero-order valence-corrected chi connectivity index (χ0v) is 11.9. The number of carbonyl (C=O) groups is 1. The highest BCUT2D eigenvalue weighted by atomic mass is 35.5. The standard InChI is InChI=1S/C16H16ClNO2/c1-11-5-4-8-14(17)16(11)18-10-13-7-3-2-6-12(13)9-15(19)20/h2-8,18H,9-10H2,1H3,(H,19,20). The average Bonchev–Trinajstić information content (AvgIpc) is 2.39. The molecule has 0 aromatic heterocycles. The van der Waals surface area contributed by atoms with Gasteiger partial charge in [0.25, 0.3) is 0 Å². The van der Waals surface area contributed by atoms with E-state index < -0.39 is 5.97 Å². The van der Waals surface area contributed by atoms with Crippen LogP contribution >= 0.6 is 11.6 Å². The van der Waals surface area contributed by atoms with Gasteiger partial charge in [-0.1, -0.05) is 48.0 Å². The van der Waals surface area contributed by atoms with Crippen molar-refractivity contribution >= 4 is 23.3 Å². The van der Waals surface area contributed by atoms with Gasteiger partial charge in [0.2, 0.25) is 0 Å². The highest BCUT2D eigenvalue weighted by Crippen LogP contribution is 2.26. The van der Waals surface area contributed by atoms with Crippen molar-refractivity contribution in [3.63, 3.8) is 0 Å². The van der Waals surface area contributed by atoms with Crippen molar-refractivity contribution in [1.82, 2.24) is 0 Å². The van der Waals surface area contributed by atoms with Gasteiger partial charge in [-0.2, -0.15) is 0 Å². The fourth-order valence-electron chi connectivity index (χ4n) is 2.10. The second-order valence-corrected chi connectivity index (χ2v) is 5.03. The summed E-state index contributed by atoms with van der Waals surface area (Å²) in [5, 5.41) is 12.9. The molecule has 3 nitrogen and oxygen atoms in total. The van der Waals surface area contributed by atoms with Gasteiger partial charge in [-0.15, -0.1) is 0 Å². The molecule has 0 saturated carbocycles. The number of para-hydroxylation sites is 1. The van der Waals surface area contributed by atoms with E-state index in [1.165, 1.54) is 0 Å². The van der Waals surface area contributed by atoms with Gasteiger partial charge in [0.1, 0.15) is 0 Å². The van der Waals surface area contributed by atoms with Crippen molar-refractivity contribution in [2.24, 2.45) is 0 Å². The monoisotopic (exact) mass is 289 g/mol. The Balaban J connectivity index is 2.17. The van der Waals surface area contributed by atoms with Crippen LogP contribution in [0.1, 0.15) is 16.7 Å². The third-order valence-corrected chi connectivity index (χ3v) is 3.45. The Morgan fingerprint density at radius 2 is 1.85 bits per heavy atom. The first-order chi connectivity index (χ1) is 9.58. The number of carboxylic acid groups (broad SMARTS) is 1. The summed E-state index contributed by atoms with van der Waals surface area (Å²) in [6, 6.07) is 13.2. The van der Waals surface area contributed by atoms with E-state index in [0.29, 0.717) is 11.6 Å². The Morgan fingerprint density at radius 1 is 1.15 bits per heavy atom. The molecule has 0 atom stereocenters. The topological polar surface area (TPSA) is 49.3 Å². The van der Waals surface area contributed by atoms with Gasteiger partial charge in [0.15, 0.2) is 0 Å². The average molecular weight is 290 g/mol. The zero-order valence-electron chi connectivity index (χ0n) is 11.2. The molecule has 0 aliphatic rings. The molecule has 0 heterocycles. The Hall–Kier alpha value is -2.00. The van der Waals surface area contributed by atoms with Crippen molar-refractivity contribution in [2.45, 2.75) is 19.9 Å². The third-order valence-electron chi connectivity index (χ3n) is 3.14. The quantitative estimate of drug-likeness (QED) is 0.878. The third kappa shape index (κ3) is 3.52. The molecule has 4 heteroatoms. The summed E-state index contributed by atoms with van der Waals surface area (Å²) < 4.78 is 0. The number of aryl methyl sites for hydroxylation is 1. The molecule has 0 aliphatic carbocycles. The molecule has 2 aromatic carbocycles. The van der Waals surface area contributed by atoms with Gasteiger partial charge >= 0.3 is 5.97 Å². The molecular weight excluding hydrogens is 274 g/mol. The van der Waals surface area contributed by atoms with E-state index in [9.17, 15) is 4.79 Å². The lowest BCUT2D eigenvalue weighted by Gasteiger charge is -2.13. The summed E-state index contributed by atoms with van der Waals surface area (Å²) in [5.41, 5.74) is 3.74. The first-order valence-corrected chi connectivity index (χ1v) is 6.73. The maximum Gasteiger partial charge on any atom is 0.307 e. The lowest BCUT2D eigenvalue weighted by Crippen LogP contribution is -2.08. The summed E-state index contributed by atoms with van der Waals surface area (Å²) in [6.45, 7) is 2.53. The van der Waals surface area contributed by atoms with Crippen molar-refractivity contribution in [2.75, 3.05) is 5.32 Å². The lowest BCUT2D eigenvalue weighted by molar-refractivity contribution is -0.136. The second-order valence-electron chi connectivity index (χ2n) is 4.62. The van der Waals surface area contributed by atoms with Crippen LogP contribution in [-0.4, -0.2) is 11.1 Å². The van der Waals surface area contributed by atoms with Crippen LogP contribution in [0.25, 0.3) is 0 Å². The summed E-state index contributed by atoms with van der Waals surface area (Å²) in [4.78, 5) is 10.9. The number of halogens is 1. The number of aliphatic carboxylic acids is 1. The minimum absolute atomic E-state index is 0.0271. The van der Waals surface area contributed by atoms with Crippen LogP contribution in [0, 0.1) is 6.92 Å². The van der Waals surface area contributed by atoms with E-state index in [1.54, 1.807) is 0 Å². The summed E-state index contributed by atoms with van der Waals surface area (Å²) in [6.07, 6.45) is 0.0271. The molecule has 0 amide bonds. The predicted molar refractivity (Wildman–Crippen MR) is 81.3 cm³/mol. The minimum Gasteiger partial charge on any atom is -0.481 e. The molecule has 0 bridgehead atoms. The molecule has 0 saturated heterocycles. The molecule has 2 N–H and O–H groups in total. The van der Waals surface area contributed by atoms with Crippen LogP contribution in [0.2, 0.25) is 5.02 Å². The molecule has 0 aliphatic heterocycles. The van der Waals surface area contributed by atoms with Gasteiger partial charge < -0.3 is 10.4 Å². The van der Waals surface area contributed by atoms with Crippen molar-refractivity contribution in [1.29, 1.82) is 0 Å². The maximum atomic E-state index is 10.9. The van der Waals surface area contributed by atoms with Crippen LogP contribution in [0.4, 0.5) is 5.69 Å². The second kappa shape index (κ2) is 6.44. The first kappa shape index (κ1) is 14.4. The van der Waals surface area contributed by atoms with Crippen LogP contribution in [0.5, 0.6) is 0 Å². The summed E-state index contributed by atoms with van der Waals surface area (Å²) in [5.74, 6) is -0.827. The number of carboxylic acids is 1. The highest BCUT2D eigenvalue weighted by molar-refractivity contribution is 6.33. The molecule has 2 aromatic rings. The molecule has 0 spiro atoms. The van der Waals surface area contributed by atoms with Crippen molar-refractivity contribution in [3.8, 4) is 0 Å². The van der Waals surface area contributed by atoms with Crippen molar-refractivity contribution in [3.05, 3.63) is 64.2 Å². The fourth-order valence-corrected chi connectivity index (χ4v) is 2.39. The molecule has 0 unspecified atom stereocenters. The van der Waals surface area contributed by atoms with E-state index in [4.69, 9.17) is 16.7 Å². The first-order valence-electron chi connectivity index (χ1n) is 6.35. The molecule has 2 rings (SSSR count). The smallest absolute Gasteiger partial charge is 0.307 e. The number of hydrogen-bond donors (Lipinski definition) is 2. The normalized spacial score (nSPS) is 10.3. The fraction of sp³-hybridized carbons (Fsp3) is 0.188. The van der Waals surface area contributed by atoms with Gasteiger partial charge in [-0.3, -0.25) is 4.79 Å². The Labute approximate surface area is 123 Å². The number of rotatable bonds is 5. The SMILES string of the molecule is Cc1cccc(Cl)c1NCc1ccccc1CC(=O)O. The minimum atomic E-state index is -0.827. The number of anilines is 1. The van der Waals surface area contributed by atoms with Gasteiger partial charge in [-0.05, 0) is 29.7 Å². The van der Waals surface area contributed by atoms with Crippen LogP contribution in [0.3, 0.4) is 0 Å². The van der Waals surface area contributed by atoms with Gasteiger partial charge in [0, 0.05) is 6.54 Å². The number of nitrogens with one attached hydrogen (secondary N) is 1. The van der Waals surface area contributed by atoms with E-state index >= 15 is 0 Å². The predicted octanol–water partition coefficient (Wildman–Crippen LogP) is 3.89. The zero-order chi connectivity index (χ0) is 14.5. The molecule has 0 fully saturated rings. The van der Waals surface area contributed by atoms with Crippen LogP contribution < -0.4 is 5.32 Å². The number of benzene rings is 2. The highest BCUT2D eigenvalue weighted by Gasteiger charge is 2.08. The van der Waals surface area contributed by atoms with Crippen LogP contribution in [-0.2, 0) is 17.8 Å². The van der Waals surface area contributed by atoms with Crippen LogP contribution in [0.15, 0.2) is 42.5 Å². The largest absolute Gasteiger partial charge is 0.481 e. The summed E-state index contributed by atoms with van der Waals surface area (Å²) in [7, 11) is 0. The van der Waals surface area contributed by atoms with E-state index in [2.05, 4.69) is 5.32 Å². The Kier molecular flexibility index (Phi) is 4.64. The van der Waals surface area contributed by atoms with E-state index in [0.717, 1.165) is 22.4 Å². The maximum absolute atomic E-state index is 10.9. The molecule has 104 valence electrons. The molecule has 0 radical (unpaired) electrons. The Bertz CT molecular complexity index is 605. The molecular formula is C16H16ClNO2. The molecule has 20 heavy (non-hydrogen) atoms. The van der Waals surface area contributed by atoms with E-state index in [-0.39, 0.29) is 6.42 Å². The van der Waals surface area contributed by atoms with Crippen molar-refractivity contribution < 1.29 is 9.90 Å². The van der Waals surface area contributed by atoms with Gasteiger partial charge in [-0.25, -0.2) is 0 Å². The number of hydrogen-bond acceptors (Lipinski definition) is 2. The summed E-state index contributed by atoms with van der Waals surface area (Å²) >= 11 is 6.16. The Morgan fingerprint density at radius 3 is 2.50 bits per heavy atom. The van der Waals surface area contributed by atoms with E-state index in [1.807, 2.05) is 49.4 Å². The lowest BCUT2D eigenvalue weighted by atomic mass is 10.0. The van der Waals surface area contributed by atoms with Gasteiger partial charge in [0.05, 0.1) is 17.1 Å².